The van der Waals surface area contributed by atoms with Crippen LogP contribution in [0.5, 0.6) is 11.5 Å². The maximum Gasteiger partial charge on any atom is 0.161 e. The predicted octanol–water partition coefficient (Wildman–Crippen LogP) is 4.67. The maximum atomic E-state index is 6.20. The van der Waals surface area contributed by atoms with Gasteiger partial charge in [0, 0.05) is 10.9 Å². The van der Waals surface area contributed by atoms with Crippen molar-refractivity contribution in [3.63, 3.8) is 0 Å². The average molecular weight is 289 g/mol. The molecule has 0 unspecified atom stereocenters. The number of benzene rings is 2. The number of rotatable bonds is 4. The summed E-state index contributed by atoms with van der Waals surface area (Å²) in [5.41, 5.74) is 1.67. The van der Waals surface area contributed by atoms with E-state index in [0.29, 0.717) is 23.1 Å². The summed E-state index contributed by atoms with van der Waals surface area (Å²) in [5, 5.41) is 1.55. The van der Waals surface area contributed by atoms with Crippen LogP contribution in [0, 0.1) is 0 Å². The molecule has 0 aliphatic heterocycles. The van der Waals surface area contributed by atoms with Gasteiger partial charge in [0.25, 0.3) is 0 Å². The van der Waals surface area contributed by atoms with Crippen molar-refractivity contribution in [2.75, 3.05) is 7.11 Å². The number of fused-ring (bicyclic) bond motifs is 1. The van der Waals surface area contributed by atoms with E-state index in [-0.39, 0.29) is 0 Å². The smallest absolute Gasteiger partial charge is 0.161 e. The van der Waals surface area contributed by atoms with Crippen LogP contribution in [0.15, 0.2) is 53.1 Å². The lowest BCUT2D eigenvalue weighted by Gasteiger charge is -2.09. The molecule has 4 heteroatoms. The van der Waals surface area contributed by atoms with Crippen LogP contribution in [0.25, 0.3) is 11.0 Å². The molecule has 0 N–H and O–H groups in total. The van der Waals surface area contributed by atoms with Crippen LogP contribution in [0.4, 0.5) is 0 Å². The summed E-state index contributed by atoms with van der Waals surface area (Å²) in [6.07, 6.45) is 1.67. The zero-order chi connectivity index (χ0) is 13.9. The highest BCUT2D eigenvalue weighted by Gasteiger charge is 2.11. The van der Waals surface area contributed by atoms with Crippen molar-refractivity contribution in [1.29, 1.82) is 0 Å². The van der Waals surface area contributed by atoms with Gasteiger partial charge in [-0.1, -0.05) is 29.8 Å². The van der Waals surface area contributed by atoms with Gasteiger partial charge in [-0.3, -0.25) is 0 Å². The Morgan fingerprint density at radius 2 is 1.85 bits per heavy atom. The summed E-state index contributed by atoms with van der Waals surface area (Å²) in [6, 6.07) is 13.1. The summed E-state index contributed by atoms with van der Waals surface area (Å²) in [4.78, 5) is 0. The molecule has 20 heavy (non-hydrogen) atoms. The quantitative estimate of drug-likeness (QED) is 0.699. The molecule has 0 radical (unpaired) electrons. The van der Waals surface area contributed by atoms with Crippen molar-refractivity contribution >= 4 is 22.6 Å². The standard InChI is InChI=1S/C16H13ClO3/c1-18-13-6-2-3-7-14(13)19-9-11-10-20-15-8-4-5-12(17)16(11)15/h2-8,10H,9H2,1H3. The van der Waals surface area contributed by atoms with Crippen LogP contribution in [0.2, 0.25) is 5.02 Å². The predicted molar refractivity (Wildman–Crippen MR) is 78.6 cm³/mol. The normalized spacial score (nSPS) is 10.7. The first kappa shape index (κ1) is 12.9. The summed E-state index contributed by atoms with van der Waals surface area (Å²) in [5.74, 6) is 1.39. The van der Waals surface area contributed by atoms with Gasteiger partial charge >= 0.3 is 0 Å². The highest BCUT2D eigenvalue weighted by Crippen LogP contribution is 2.31. The summed E-state index contributed by atoms with van der Waals surface area (Å²) in [6.45, 7) is 0.372. The molecule has 1 heterocycles. The molecule has 0 amide bonds. The summed E-state index contributed by atoms with van der Waals surface area (Å²) in [7, 11) is 1.62. The molecule has 0 bridgehead atoms. The van der Waals surface area contributed by atoms with Gasteiger partial charge in [-0.2, -0.15) is 0 Å². The number of hydrogen-bond donors (Lipinski definition) is 0. The number of hydrogen-bond acceptors (Lipinski definition) is 3. The molecule has 0 saturated heterocycles. The zero-order valence-electron chi connectivity index (χ0n) is 10.9. The molecule has 0 saturated carbocycles. The highest BCUT2D eigenvalue weighted by molar-refractivity contribution is 6.35. The minimum absolute atomic E-state index is 0.372. The van der Waals surface area contributed by atoms with E-state index in [1.807, 2.05) is 42.5 Å². The van der Waals surface area contributed by atoms with Crippen LogP contribution in [0.3, 0.4) is 0 Å². The Balaban J connectivity index is 1.87. The molecular weight excluding hydrogens is 276 g/mol. The van der Waals surface area contributed by atoms with Crippen LogP contribution in [0.1, 0.15) is 5.56 Å². The Labute approximate surface area is 121 Å². The fourth-order valence-electron chi connectivity index (χ4n) is 2.11. The third-order valence-electron chi connectivity index (χ3n) is 3.08. The second kappa shape index (κ2) is 5.47. The molecule has 0 atom stereocenters. The molecule has 0 spiro atoms. The lowest BCUT2D eigenvalue weighted by Crippen LogP contribution is -1.96. The Morgan fingerprint density at radius 1 is 1.05 bits per heavy atom. The molecule has 1 aromatic heterocycles. The Bertz CT molecular complexity index is 733. The van der Waals surface area contributed by atoms with E-state index in [4.69, 9.17) is 25.5 Å². The third-order valence-corrected chi connectivity index (χ3v) is 3.39. The third kappa shape index (κ3) is 2.32. The van der Waals surface area contributed by atoms with Crippen LogP contribution in [-0.2, 0) is 6.61 Å². The van der Waals surface area contributed by atoms with Crippen LogP contribution >= 0.6 is 11.6 Å². The highest BCUT2D eigenvalue weighted by atomic mass is 35.5. The molecule has 102 valence electrons. The van der Waals surface area contributed by atoms with Gasteiger partial charge in [0.2, 0.25) is 0 Å². The SMILES string of the molecule is COc1ccccc1OCc1coc2cccc(Cl)c12. The largest absolute Gasteiger partial charge is 0.493 e. The van der Waals surface area contributed by atoms with Crippen molar-refractivity contribution in [1.82, 2.24) is 0 Å². The molecule has 0 aliphatic rings. The summed E-state index contributed by atoms with van der Waals surface area (Å²) < 4.78 is 16.5. The van der Waals surface area contributed by atoms with Crippen molar-refractivity contribution in [3.05, 3.63) is 59.3 Å². The number of halogens is 1. The average Bonchev–Trinajstić information content (AvgIpc) is 2.90. The van der Waals surface area contributed by atoms with E-state index in [9.17, 15) is 0 Å². The Hall–Kier alpha value is -2.13. The van der Waals surface area contributed by atoms with Gasteiger partial charge in [0.1, 0.15) is 12.2 Å². The van der Waals surface area contributed by atoms with E-state index in [0.717, 1.165) is 16.5 Å². The molecule has 3 rings (SSSR count). The fourth-order valence-corrected chi connectivity index (χ4v) is 2.39. The molecule has 3 aromatic rings. The fraction of sp³-hybridized carbons (Fsp3) is 0.125. The molecule has 3 nitrogen and oxygen atoms in total. The van der Waals surface area contributed by atoms with Crippen molar-refractivity contribution in [3.8, 4) is 11.5 Å². The number of furan rings is 1. The molecule has 2 aromatic carbocycles. The van der Waals surface area contributed by atoms with Gasteiger partial charge in [-0.05, 0) is 24.3 Å². The molecule has 0 aliphatic carbocycles. The van der Waals surface area contributed by atoms with Crippen molar-refractivity contribution in [2.45, 2.75) is 6.61 Å². The van der Waals surface area contributed by atoms with Crippen molar-refractivity contribution < 1.29 is 13.9 Å². The number of methoxy groups -OCH3 is 1. The van der Waals surface area contributed by atoms with E-state index >= 15 is 0 Å². The second-order valence-corrected chi connectivity index (χ2v) is 4.72. The zero-order valence-corrected chi connectivity index (χ0v) is 11.7. The second-order valence-electron chi connectivity index (χ2n) is 4.31. The first-order valence-corrected chi connectivity index (χ1v) is 6.58. The van der Waals surface area contributed by atoms with Crippen LogP contribution in [-0.4, -0.2) is 7.11 Å². The minimum Gasteiger partial charge on any atom is -0.493 e. The van der Waals surface area contributed by atoms with Gasteiger partial charge in [0.05, 0.1) is 18.4 Å². The first-order valence-electron chi connectivity index (χ1n) is 6.20. The first-order chi connectivity index (χ1) is 9.79. The maximum absolute atomic E-state index is 6.20. The minimum atomic E-state index is 0.372. The topological polar surface area (TPSA) is 31.6 Å². The van der Waals surface area contributed by atoms with Gasteiger partial charge < -0.3 is 13.9 Å². The Kier molecular flexibility index (Phi) is 3.52. The van der Waals surface area contributed by atoms with Crippen molar-refractivity contribution in [2.24, 2.45) is 0 Å². The van der Waals surface area contributed by atoms with E-state index in [1.165, 1.54) is 0 Å². The van der Waals surface area contributed by atoms with Gasteiger partial charge in [-0.25, -0.2) is 0 Å². The van der Waals surface area contributed by atoms with Crippen LogP contribution < -0.4 is 9.47 Å². The van der Waals surface area contributed by atoms with E-state index < -0.39 is 0 Å². The lowest BCUT2D eigenvalue weighted by molar-refractivity contribution is 0.284. The number of para-hydroxylation sites is 2. The summed E-state index contributed by atoms with van der Waals surface area (Å²) >= 11 is 6.20. The van der Waals surface area contributed by atoms with E-state index in [1.54, 1.807) is 13.4 Å². The molecule has 0 fully saturated rings. The Morgan fingerprint density at radius 3 is 2.65 bits per heavy atom. The van der Waals surface area contributed by atoms with Gasteiger partial charge in [-0.15, -0.1) is 0 Å². The lowest BCUT2D eigenvalue weighted by atomic mass is 10.2. The number of ether oxygens (including phenoxy) is 2. The molecular formula is C16H13ClO3. The monoisotopic (exact) mass is 288 g/mol. The van der Waals surface area contributed by atoms with Gasteiger partial charge in [0.15, 0.2) is 11.5 Å². The van der Waals surface area contributed by atoms with E-state index in [2.05, 4.69) is 0 Å².